The fourth-order valence-electron chi connectivity index (χ4n) is 2.57. The van der Waals surface area contributed by atoms with Crippen molar-refractivity contribution < 1.29 is 22.4 Å². The average molecular weight is 270 g/mol. The summed E-state index contributed by atoms with van der Waals surface area (Å²) in [6.07, 6.45) is -4.91. The third-order valence-corrected chi connectivity index (χ3v) is 9.16. The highest BCUT2D eigenvalue weighted by molar-refractivity contribution is 6.79. The quantitative estimate of drug-likeness (QED) is 0.713. The maximum absolute atomic E-state index is 12.3. The maximum Gasteiger partial charge on any atom is 0.489 e. The van der Waals surface area contributed by atoms with Crippen molar-refractivity contribution in [3.8, 4) is 0 Å². The number of rotatable bonds is 4. The van der Waals surface area contributed by atoms with Crippen LogP contribution in [0, 0.1) is 0 Å². The molecule has 0 saturated heterocycles. The molecular formula is C11H21F3O2Si. The molecule has 0 radical (unpaired) electrons. The molecule has 0 aliphatic carbocycles. The summed E-state index contributed by atoms with van der Waals surface area (Å²) in [6, 6.07) is 0. The van der Waals surface area contributed by atoms with Crippen molar-refractivity contribution in [3.63, 3.8) is 0 Å². The van der Waals surface area contributed by atoms with Gasteiger partial charge in [-0.25, -0.2) is 4.79 Å². The first kappa shape index (κ1) is 16.5. The van der Waals surface area contributed by atoms with E-state index in [9.17, 15) is 18.0 Å². The summed E-state index contributed by atoms with van der Waals surface area (Å²) in [5, 5.41) is 0. The van der Waals surface area contributed by atoms with E-state index in [4.69, 9.17) is 4.43 Å². The van der Waals surface area contributed by atoms with E-state index in [0.717, 1.165) is 0 Å². The molecule has 0 aliphatic heterocycles. The highest BCUT2D eigenvalue weighted by Gasteiger charge is 2.53. The van der Waals surface area contributed by atoms with E-state index in [-0.39, 0.29) is 16.6 Å². The van der Waals surface area contributed by atoms with Crippen molar-refractivity contribution in [1.82, 2.24) is 0 Å². The summed E-state index contributed by atoms with van der Waals surface area (Å²) < 4.78 is 41.9. The Hall–Kier alpha value is -0.523. The largest absolute Gasteiger partial charge is 0.512 e. The molecule has 0 fully saturated rings. The van der Waals surface area contributed by atoms with Gasteiger partial charge in [-0.3, -0.25) is 0 Å². The molecule has 0 amide bonds. The number of carbonyl (C=O) groups is 1. The van der Waals surface area contributed by atoms with Gasteiger partial charge in [0.25, 0.3) is 8.32 Å². The molecule has 17 heavy (non-hydrogen) atoms. The maximum atomic E-state index is 12.3. The van der Waals surface area contributed by atoms with E-state index in [1.54, 1.807) is 0 Å². The van der Waals surface area contributed by atoms with Crippen LogP contribution in [-0.2, 0) is 9.22 Å². The van der Waals surface area contributed by atoms with Crippen LogP contribution in [0.3, 0.4) is 0 Å². The number of hydrogen-bond donors (Lipinski definition) is 0. The molecule has 0 aliphatic rings. The van der Waals surface area contributed by atoms with Crippen LogP contribution in [-0.4, -0.2) is 20.5 Å². The zero-order valence-electron chi connectivity index (χ0n) is 11.2. The van der Waals surface area contributed by atoms with Crippen molar-refractivity contribution >= 4 is 14.3 Å². The first-order valence-corrected chi connectivity index (χ1v) is 7.90. The zero-order valence-corrected chi connectivity index (χ0v) is 12.2. The number of halogens is 3. The molecular weight excluding hydrogens is 249 g/mol. The Morgan fingerprint density at radius 3 is 1.41 bits per heavy atom. The minimum atomic E-state index is -4.91. The van der Waals surface area contributed by atoms with E-state index in [1.165, 1.54) is 0 Å². The lowest BCUT2D eigenvalue weighted by Crippen LogP contribution is -2.51. The van der Waals surface area contributed by atoms with E-state index in [1.807, 2.05) is 41.5 Å². The molecule has 0 rings (SSSR count). The molecule has 6 heteroatoms. The monoisotopic (exact) mass is 270 g/mol. The van der Waals surface area contributed by atoms with Gasteiger partial charge >= 0.3 is 12.1 Å². The van der Waals surface area contributed by atoms with Gasteiger partial charge in [-0.2, -0.15) is 13.2 Å². The SMILES string of the molecule is CC(C)[Si](OC(=O)C(F)(F)F)(C(C)C)C(C)C. The summed E-state index contributed by atoms with van der Waals surface area (Å²) in [5.41, 5.74) is -0.142. The van der Waals surface area contributed by atoms with Gasteiger partial charge in [-0.1, -0.05) is 41.5 Å². The molecule has 0 heterocycles. The van der Waals surface area contributed by atoms with E-state index in [0.29, 0.717) is 0 Å². The van der Waals surface area contributed by atoms with E-state index >= 15 is 0 Å². The average Bonchev–Trinajstić information content (AvgIpc) is 2.09. The summed E-state index contributed by atoms with van der Waals surface area (Å²) >= 11 is 0. The van der Waals surface area contributed by atoms with Crippen LogP contribution >= 0.6 is 0 Å². The van der Waals surface area contributed by atoms with E-state index in [2.05, 4.69) is 0 Å². The van der Waals surface area contributed by atoms with Gasteiger partial charge in [0.05, 0.1) is 0 Å². The predicted molar refractivity (Wildman–Crippen MR) is 63.2 cm³/mol. The first-order chi connectivity index (χ1) is 7.46. The van der Waals surface area contributed by atoms with Gasteiger partial charge in [0.1, 0.15) is 0 Å². The Morgan fingerprint density at radius 1 is 0.941 bits per heavy atom. The Balaban J connectivity index is 5.28. The molecule has 0 aromatic carbocycles. The normalized spacial score (nSPS) is 13.6. The van der Waals surface area contributed by atoms with Gasteiger partial charge < -0.3 is 4.43 Å². The smallest absolute Gasteiger partial charge is 0.489 e. The molecule has 0 unspecified atom stereocenters. The van der Waals surface area contributed by atoms with Crippen LogP contribution in [0.15, 0.2) is 0 Å². The second kappa shape index (κ2) is 5.41. The Bertz CT molecular complexity index is 251. The van der Waals surface area contributed by atoms with Crippen molar-refractivity contribution in [2.45, 2.75) is 64.3 Å². The zero-order chi connectivity index (χ0) is 14.0. The highest BCUT2D eigenvalue weighted by atomic mass is 28.4. The van der Waals surface area contributed by atoms with Crippen molar-refractivity contribution in [2.24, 2.45) is 0 Å². The summed E-state index contributed by atoms with van der Waals surface area (Å²) in [7, 11) is -2.77. The highest BCUT2D eigenvalue weighted by Crippen LogP contribution is 2.43. The van der Waals surface area contributed by atoms with Crippen LogP contribution in [0.4, 0.5) is 13.2 Å². The van der Waals surface area contributed by atoms with Crippen molar-refractivity contribution in [3.05, 3.63) is 0 Å². The summed E-state index contributed by atoms with van der Waals surface area (Å²) in [6.45, 7) is 11.0. The van der Waals surface area contributed by atoms with Gasteiger partial charge in [0.2, 0.25) is 0 Å². The first-order valence-electron chi connectivity index (χ1n) is 5.76. The molecule has 0 aromatic heterocycles. The lowest BCUT2D eigenvalue weighted by Gasteiger charge is -2.41. The molecule has 0 saturated carbocycles. The molecule has 2 nitrogen and oxygen atoms in total. The number of alkyl halides is 3. The molecule has 0 spiro atoms. The van der Waals surface area contributed by atoms with Gasteiger partial charge in [-0.15, -0.1) is 0 Å². The molecule has 0 atom stereocenters. The van der Waals surface area contributed by atoms with Crippen LogP contribution in [0.5, 0.6) is 0 Å². The lowest BCUT2D eigenvalue weighted by molar-refractivity contribution is -0.191. The predicted octanol–water partition coefficient (Wildman–Crippen LogP) is 4.27. The summed E-state index contributed by atoms with van der Waals surface area (Å²) in [4.78, 5) is 11.1. The van der Waals surface area contributed by atoms with E-state index < -0.39 is 20.5 Å². The molecule has 102 valence electrons. The molecule has 0 N–H and O–H groups in total. The standard InChI is InChI=1S/C11H21F3O2Si/c1-7(2)17(8(3)4,9(5)6)16-10(15)11(12,13)14/h7-9H,1-6H3. The fraction of sp³-hybridized carbons (Fsp3) is 0.909. The van der Waals surface area contributed by atoms with Gasteiger partial charge in [0, 0.05) is 0 Å². The number of hydrogen-bond acceptors (Lipinski definition) is 2. The molecule has 0 aromatic rings. The van der Waals surface area contributed by atoms with Crippen LogP contribution in [0.25, 0.3) is 0 Å². The Morgan fingerprint density at radius 2 is 1.24 bits per heavy atom. The summed E-state index contributed by atoms with van der Waals surface area (Å²) in [5.74, 6) is -2.04. The second-order valence-electron chi connectivity index (χ2n) is 5.20. The number of carbonyl (C=O) groups excluding carboxylic acids is 1. The third-order valence-electron chi connectivity index (χ3n) is 3.21. The lowest BCUT2D eigenvalue weighted by atomic mass is 10.5. The minimum absolute atomic E-state index is 0.0474. The minimum Gasteiger partial charge on any atom is -0.512 e. The van der Waals surface area contributed by atoms with Crippen LogP contribution < -0.4 is 0 Å². The van der Waals surface area contributed by atoms with Crippen LogP contribution in [0.1, 0.15) is 41.5 Å². The van der Waals surface area contributed by atoms with Crippen LogP contribution in [0.2, 0.25) is 16.6 Å². The second-order valence-corrected chi connectivity index (χ2v) is 10.6. The van der Waals surface area contributed by atoms with Crippen molar-refractivity contribution in [2.75, 3.05) is 0 Å². The van der Waals surface area contributed by atoms with Gasteiger partial charge in [-0.05, 0) is 16.6 Å². The Labute approximate surface area is 102 Å². The van der Waals surface area contributed by atoms with Gasteiger partial charge in [0.15, 0.2) is 0 Å². The third kappa shape index (κ3) is 3.47. The Kier molecular flexibility index (Phi) is 5.25. The van der Waals surface area contributed by atoms with Crippen molar-refractivity contribution in [1.29, 1.82) is 0 Å². The molecule has 0 bridgehead atoms. The topological polar surface area (TPSA) is 26.3 Å². The fourth-order valence-corrected chi connectivity index (χ4v) is 7.72.